The van der Waals surface area contributed by atoms with Crippen LogP contribution in [0.3, 0.4) is 0 Å². The Morgan fingerprint density at radius 1 is 1.32 bits per heavy atom. The van der Waals surface area contributed by atoms with Crippen LogP contribution in [0.2, 0.25) is 0 Å². The Bertz CT molecular complexity index is 428. The summed E-state index contributed by atoms with van der Waals surface area (Å²) in [5.74, 6) is -0.192. The molecule has 2 rings (SSSR count). The number of nitrogens with one attached hydrogen (secondary N) is 1. The van der Waals surface area contributed by atoms with Crippen molar-refractivity contribution in [3.63, 3.8) is 0 Å². The molecule has 19 heavy (non-hydrogen) atoms. The molecule has 0 aromatic heterocycles. The Kier molecular flexibility index (Phi) is 4.53. The number of rotatable bonds is 4. The highest BCUT2D eigenvalue weighted by molar-refractivity contribution is 5.18. The van der Waals surface area contributed by atoms with Crippen molar-refractivity contribution in [1.82, 2.24) is 5.32 Å². The van der Waals surface area contributed by atoms with Gasteiger partial charge in [-0.2, -0.15) is 0 Å². The van der Waals surface area contributed by atoms with Crippen molar-refractivity contribution in [2.75, 3.05) is 6.54 Å². The van der Waals surface area contributed by atoms with Crippen molar-refractivity contribution in [2.45, 2.75) is 44.8 Å². The van der Waals surface area contributed by atoms with Crippen molar-refractivity contribution in [3.8, 4) is 0 Å². The van der Waals surface area contributed by atoms with Gasteiger partial charge in [-0.25, -0.2) is 8.78 Å². The molecule has 0 saturated heterocycles. The molecule has 2 nitrogen and oxygen atoms in total. The first-order chi connectivity index (χ1) is 8.98. The van der Waals surface area contributed by atoms with Gasteiger partial charge in [-0.3, -0.25) is 0 Å². The van der Waals surface area contributed by atoms with Crippen LogP contribution in [0.5, 0.6) is 0 Å². The molecule has 0 heterocycles. The topological polar surface area (TPSA) is 32.3 Å². The SMILES string of the molecule is CC1CCC(O)(CNCc2cc(F)ccc2F)CC1. The third-order valence-electron chi connectivity index (χ3n) is 3.98. The zero-order chi connectivity index (χ0) is 13.9. The van der Waals surface area contributed by atoms with Gasteiger partial charge in [0.25, 0.3) is 0 Å². The van der Waals surface area contributed by atoms with Crippen molar-refractivity contribution < 1.29 is 13.9 Å². The first kappa shape index (κ1) is 14.4. The van der Waals surface area contributed by atoms with E-state index in [1.54, 1.807) is 0 Å². The quantitative estimate of drug-likeness (QED) is 0.880. The third kappa shape index (κ3) is 3.98. The summed E-state index contributed by atoms with van der Waals surface area (Å²) in [6.45, 7) is 2.85. The Labute approximate surface area is 112 Å². The summed E-state index contributed by atoms with van der Waals surface area (Å²) in [7, 11) is 0. The number of benzene rings is 1. The maximum atomic E-state index is 13.4. The maximum Gasteiger partial charge on any atom is 0.127 e. The van der Waals surface area contributed by atoms with Crippen LogP contribution in [0.4, 0.5) is 8.78 Å². The van der Waals surface area contributed by atoms with E-state index in [1.807, 2.05) is 0 Å². The van der Waals surface area contributed by atoms with Crippen LogP contribution in [0.1, 0.15) is 38.2 Å². The fourth-order valence-corrected chi connectivity index (χ4v) is 2.58. The average molecular weight is 269 g/mol. The van der Waals surface area contributed by atoms with Crippen molar-refractivity contribution in [1.29, 1.82) is 0 Å². The van der Waals surface area contributed by atoms with Crippen LogP contribution in [-0.4, -0.2) is 17.3 Å². The number of aliphatic hydroxyl groups is 1. The average Bonchev–Trinajstić information content (AvgIpc) is 2.38. The van der Waals surface area contributed by atoms with Crippen LogP contribution in [-0.2, 0) is 6.54 Å². The van der Waals surface area contributed by atoms with E-state index in [-0.39, 0.29) is 6.54 Å². The lowest BCUT2D eigenvalue weighted by Gasteiger charge is -2.35. The van der Waals surface area contributed by atoms with Gasteiger partial charge in [0, 0.05) is 18.7 Å². The second-order valence-electron chi connectivity index (χ2n) is 5.75. The van der Waals surface area contributed by atoms with Gasteiger partial charge in [-0.1, -0.05) is 6.92 Å². The Hall–Kier alpha value is -1.00. The molecule has 1 fully saturated rings. The lowest BCUT2D eigenvalue weighted by molar-refractivity contribution is -0.00635. The minimum atomic E-state index is -0.698. The summed E-state index contributed by atoms with van der Waals surface area (Å²) in [6.07, 6.45) is 3.58. The summed E-state index contributed by atoms with van der Waals surface area (Å²) in [5.41, 5.74) is -0.399. The monoisotopic (exact) mass is 269 g/mol. The highest BCUT2D eigenvalue weighted by atomic mass is 19.1. The molecule has 0 bridgehead atoms. The molecule has 1 aliphatic carbocycles. The highest BCUT2D eigenvalue weighted by Crippen LogP contribution is 2.31. The molecule has 4 heteroatoms. The van der Waals surface area contributed by atoms with Crippen LogP contribution in [0.15, 0.2) is 18.2 Å². The van der Waals surface area contributed by atoms with Gasteiger partial charge < -0.3 is 10.4 Å². The molecule has 2 N–H and O–H groups in total. The van der Waals surface area contributed by atoms with E-state index >= 15 is 0 Å². The smallest absolute Gasteiger partial charge is 0.127 e. The summed E-state index contributed by atoms with van der Waals surface area (Å²) >= 11 is 0. The van der Waals surface area contributed by atoms with Crippen molar-refractivity contribution in [3.05, 3.63) is 35.4 Å². The number of hydrogen-bond acceptors (Lipinski definition) is 2. The zero-order valence-electron chi connectivity index (χ0n) is 11.3. The van der Waals surface area contributed by atoms with Gasteiger partial charge in [-0.05, 0) is 49.8 Å². The first-order valence-corrected chi connectivity index (χ1v) is 6.85. The van der Waals surface area contributed by atoms with E-state index in [9.17, 15) is 13.9 Å². The molecule has 1 aromatic rings. The second kappa shape index (κ2) is 5.97. The maximum absolute atomic E-state index is 13.4. The lowest BCUT2D eigenvalue weighted by atomic mass is 9.79. The molecule has 1 aliphatic rings. The Balaban J connectivity index is 1.84. The predicted molar refractivity (Wildman–Crippen MR) is 70.6 cm³/mol. The molecular weight excluding hydrogens is 248 g/mol. The highest BCUT2D eigenvalue weighted by Gasteiger charge is 2.31. The van der Waals surface area contributed by atoms with Gasteiger partial charge in [-0.15, -0.1) is 0 Å². The zero-order valence-corrected chi connectivity index (χ0v) is 11.3. The van der Waals surface area contributed by atoms with E-state index in [2.05, 4.69) is 12.2 Å². The third-order valence-corrected chi connectivity index (χ3v) is 3.98. The second-order valence-corrected chi connectivity index (χ2v) is 5.75. The predicted octanol–water partition coefficient (Wildman–Crippen LogP) is 3.00. The van der Waals surface area contributed by atoms with Gasteiger partial charge in [0.05, 0.1) is 5.60 Å². The molecule has 0 amide bonds. The van der Waals surface area contributed by atoms with E-state index in [1.165, 1.54) is 6.07 Å². The van der Waals surface area contributed by atoms with Gasteiger partial charge in [0.2, 0.25) is 0 Å². The van der Waals surface area contributed by atoms with Gasteiger partial charge >= 0.3 is 0 Å². The standard InChI is InChI=1S/C15H21F2NO/c1-11-4-6-15(19,7-5-11)10-18-9-12-8-13(16)2-3-14(12)17/h2-3,8,11,18-19H,4-7,9-10H2,1H3. The lowest BCUT2D eigenvalue weighted by Crippen LogP contribution is -2.43. The van der Waals surface area contributed by atoms with Crippen LogP contribution in [0, 0.1) is 17.6 Å². The molecule has 0 unspecified atom stereocenters. The van der Waals surface area contributed by atoms with Crippen LogP contribution >= 0.6 is 0 Å². The summed E-state index contributed by atoms with van der Waals surface area (Å²) in [6, 6.07) is 3.42. The molecular formula is C15H21F2NO. The molecule has 0 radical (unpaired) electrons. The molecule has 0 spiro atoms. The molecule has 106 valence electrons. The van der Waals surface area contributed by atoms with E-state index < -0.39 is 17.2 Å². The fourth-order valence-electron chi connectivity index (χ4n) is 2.58. The van der Waals surface area contributed by atoms with Crippen molar-refractivity contribution in [2.24, 2.45) is 5.92 Å². The van der Waals surface area contributed by atoms with Crippen LogP contribution < -0.4 is 5.32 Å². The molecule has 1 saturated carbocycles. The summed E-state index contributed by atoms with van der Waals surface area (Å²) < 4.78 is 26.4. The van der Waals surface area contributed by atoms with Gasteiger partial charge in [0.1, 0.15) is 11.6 Å². The molecule has 1 aromatic carbocycles. The van der Waals surface area contributed by atoms with E-state index in [0.29, 0.717) is 18.0 Å². The van der Waals surface area contributed by atoms with E-state index in [4.69, 9.17) is 0 Å². The van der Waals surface area contributed by atoms with E-state index in [0.717, 1.165) is 37.8 Å². The number of hydrogen-bond donors (Lipinski definition) is 2. The van der Waals surface area contributed by atoms with Crippen LogP contribution in [0.25, 0.3) is 0 Å². The minimum absolute atomic E-state index is 0.238. The minimum Gasteiger partial charge on any atom is -0.389 e. The fraction of sp³-hybridized carbons (Fsp3) is 0.600. The number of halogens is 2. The van der Waals surface area contributed by atoms with Crippen molar-refractivity contribution >= 4 is 0 Å². The Morgan fingerprint density at radius 3 is 2.68 bits per heavy atom. The first-order valence-electron chi connectivity index (χ1n) is 6.85. The molecule has 0 atom stereocenters. The normalized spacial score (nSPS) is 27.5. The summed E-state index contributed by atoms with van der Waals surface area (Å²) in [4.78, 5) is 0. The largest absolute Gasteiger partial charge is 0.389 e. The summed E-state index contributed by atoms with van der Waals surface area (Å²) in [5, 5.41) is 13.4. The van der Waals surface area contributed by atoms with Gasteiger partial charge in [0.15, 0.2) is 0 Å². The Morgan fingerprint density at radius 2 is 2.00 bits per heavy atom. The molecule has 0 aliphatic heterocycles.